The first-order valence-corrected chi connectivity index (χ1v) is 6.47. The molecule has 0 amide bonds. The number of aromatic nitrogens is 1. The van der Waals surface area contributed by atoms with Crippen LogP contribution in [0.2, 0.25) is 0 Å². The summed E-state index contributed by atoms with van der Waals surface area (Å²) in [6.45, 7) is 2.20. The van der Waals surface area contributed by atoms with Crippen LogP contribution in [-0.4, -0.2) is 10.8 Å². The van der Waals surface area contributed by atoms with Gasteiger partial charge in [0.1, 0.15) is 5.82 Å². The van der Waals surface area contributed by atoms with Crippen molar-refractivity contribution in [3.63, 3.8) is 0 Å². The van der Waals surface area contributed by atoms with Crippen LogP contribution in [0.5, 0.6) is 0 Å². The second-order valence-electron chi connectivity index (χ2n) is 4.94. The second kappa shape index (κ2) is 5.30. The van der Waals surface area contributed by atoms with Crippen LogP contribution >= 0.6 is 0 Å². The van der Waals surface area contributed by atoms with Crippen LogP contribution in [0.1, 0.15) is 49.4 Å². The number of anilines is 1. The van der Waals surface area contributed by atoms with Crippen molar-refractivity contribution in [1.82, 2.24) is 4.98 Å². The van der Waals surface area contributed by atoms with E-state index in [-0.39, 0.29) is 11.7 Å². The topological polar surface area (TPSA) is 56.0 Å². The van der Waals surface area contributed by atoms with Crippen molar-refractivity contribution in [2.45, 2.75) is 39.0 Å². The smallest absolute Gasteiger partial charge is 0.169 e. The Labute approximate surface area is 102 Å². The van der Waals surface area contributed by atoms with Crippen LogP contribution in [0, 0.1) is 11.8 Å². The molecule has 3 nitrogen and oxygen atoms in total. The Hall–Kier alpha value is -1.38. The first-order chi connectivity index (χ1) is 8.22. The predicted octanol–water partition coefficient (Wildman–Crippen LogP) is 3.06. The highest BCUT2D eigenvalue weighted by Gasteiger charge is 2.28. The van der Waals surface area contributed by atoms with E-state index in [1.54, 1.807) is 18.3 Å². The summed E-state index contributed by atoms with van der Waals surface area (Å²) in [5.74, 6) is 1.42. The highest BCUT2D eigenvalue weighted by molar-refractivity contribution is 6.01. The van der Waals surface area contributed by atoms with Crippen molar-refractivity contribution in [2.75, 3.05) is 5.73 Å². The highest BCUT2D eigenvalue weighted by Crippen LogP contribution is 2.33. The van der Waals surface area contributed by atoms with E-state index in [1.165, 1.54) is 12.8 Å². The number of hydrogen-bond donors (Lipinski definition) is 1. The molecule has 17 heavy (non-hydrogen) atoms. The molecule has 0 bridgehead atoms. The molecule has 0 radical (unpaired) electrons. The van der Waals surface area contributed by atoms with Crippen LogP contribution in [0.4, 0.5) is 5.82 Å². The van der Waals surface area contributed by atoms with Gasteiger partial charge in [0.05, 0.1) is 5.56 Å². The number of Topliss-reactive ketones (excluding diaryl/α,β-unsaturated/α-hetero) is 1. The summed E-state index contributed by atoms with van der Waals surface area (Å²) in [6.07, 6.45) is 7.25. The largest absolute Gasteiger partial charge is 0.383 e. The standard InChI is InChI=1S/C14H20N2O/c1-2-10-5-3-6-11(9-10)13(17)12-7-4-8-16-14(12)15/h4,7-8,10-11H,2-3,5-6,9H2,1H3,(H2,15,16). The van der Waals surface area contributed by atoms with Crippen molar-refractivity contribution >= 4 is 11.6 Å². The summed E-state index contributed by atoms with van der Waals surface area (Å²) in [4.78, 5) is 16.4. The van der Waals surface area contributed by atoms with E-state index < -0.39 is 0 Å². The Morgan fingerprint density at radius 2 is 2.35 bits per heavy atom. The number of rotatable bonds is 3. The lowest BCUT2D eigenvalue weighted by molar-refractivity contribution is 0.0862. The maximum absolute atomic E-state index is 12.4. The first-order valence-electron chi connectivity index (χ1n) is 6.47. The lowest BCUT2D eigenvalue weighted by atomic mass is 9.77. The number of nitrogens with two attached hydrogens (primary N) is 1. The van der Waals surface area contributed by atoms with Gasteiger partial charge in [-0.15, -0.1) is 0 Å². The van der Waals surface area contributed by atoms with Gasteiger partial charge in [-0.25, -0.2) is 4.98 Å². The molecule has 0 aliphatic heterocycles. The van der Waals surface area contributed by atoms with Crippen molar-refractivity contribution < 1.29 is 4.79 Å². The van der Waals surface area contributed by atoms with Gasteiger partial charge in [-0.05, 0) is 30.9 Å². The minimum Gasteiger partial charge on any atom is -0.383 e. The average molecular weight is 232 g/mol. The molecule has 2 unspecified atom stereocenters. The van der Waals surface area contributed by atoms with E-state index in [2.05, 4.69) is 11.9 Å². The molecule has 1 aliphatic carbocycles. The molecule has 1 heterocycles. The van der Waals surface area contributed by atoms with Gasteiger partial charge in [-0.1, -0.05) is 26.2 Å². The molecule has 0 saturated heterocycles. The Morgan fingerprint density at radius 1 is 1.53 bits per heavy atom. The zero-order chi connectivity index (χ0) is 12.3. The Kier molecular flexibility index (Phi) is 3.77. The van der Waals surface area contributed by atoms with Crippen LogP contribution in [-0.2, 0) is 0 Å². The van der Waals surface area contributed by atoms with Gasteiger partial charge in [0, 0.05) is 12.1 Å². The monoisotopic (exact) mass is 232 g/mol. The third kappa shape index (κ3) is 2.65. The summed E-state index contributed by atoms with van der Waals surface area (Å²) in [6, 6.07) is 3.57. The number of ketones is 1. The Morgan fingerprint density at radius 3 is 3.06 bits per heavy atom. The number of nitrogen functional groups attached to an aromatic ring is 1. The van der Waals surface area contributed by atoms with Crippen molar-refractivity contribution in [3.8, 4) is 0 Å². The quantitative estimate of drug-likeness (QED) is 0.815. The summed E-state index contributed by atoms with van der Waals surface area (Å²) in [5, 5.41) is 0. The zero-order valence-electron chi connectivity index (χ0n) is 10.4. The van der Waals surface area contributed by atoms with E-state index in [4.69, 9.17) is 5.73 Å². The first kappa shape index (κ1) is 12.1. The minimum absolute atomic E-state index is 0.153. The summed E-state index contributed by atoms with van der Waals surface area (Å²) in [7, 11) is 0. The molecule has 2 N–H and O–H groups in total. The lowest BCUT2D eigenvalue weighted by Crippen LogP contribution is -2.23. The number of hydrogen-bond acceptors (Lipinski definition) is 3. The molecule has 2 atom stereocenters. The molecular weight excluding hydrogens is 212 g/mol. The molecule has 1 saturated carbocycles. The number of carbonyl (C=O) groups excluding carboxylic acids is 1. The van der Waals surface area contributed by atoms with Crippen LogP contribution in [0.3, 0.4) is 0 Å². The molecule has 1 aromatic rings. The third-order valence-electron chi connectivity index (χ3n) is 3.83. The predicted molar refractivity (Wildman–Crippen MR) is 68.7 cm³/mol. The molecule has 2 rings (SSSR count). The Balaban J connectivity index is 2.12. The van der Waals surface area contributed by atoms with Gasteiger partial charge >= 0.3 is 0 Å². The highest BCUT2D eigenvalue weighted by atomic mass is 16.1. The maximum Gasteiger partial charge on any atom is 0.169 e. The van der Waals surface area contributed by atoms with E-state index in [9.17, 15) is 4.79 Å². The summed E-state index contributed by atoms with van der Waals surface area (Å²) in [5.41, 5.74) is 6.37. The van der Waals surface area contributed by atoms with Crippen LogP contribution < -0.4 is 5.73 Å². The van der Waals surface area contributed by atoms with Crippen molar-refractivity contribution in [1.29, 1.82) is 0 Å². The van der Waals surface area contributed by atoms with E-state index in [0.717, 1.165) is 19.3 Å². The molecule has 1 fully saturated rings. The van der Waals surface area contributed by atoms with E-state index in [1.807, 2.05) is 0 Å². The van der Waals surface area contributed by atoms with Gasteiger partial charge in [0.25, 0.3) is 0 Å². The van der Waals surface area contributed by atoms with Gasteiger partial charge in [-0.3, -0.25) is 4.79 Å². The summed E-state index contributed by atoms with van der Waals surface area (Å²) >= 11 is 0. The van der Waals surface area contributed by atoms with E-state index >= 15 is 0 Å². The normalized spacial score (nSPS) is 24.5. The van der Waals surface area contributed by atoms with Gasteiger partial charge in [0.15, 0.2) is 5.78 Å². The van der Waals surface area contributed by atoms with Crippen LogP contribution in [0.15, 0.2) is 18.3 Å². The molecule has 0 aromatic carbocycles. The van der Waals surface area contributed by atoms with Gasteiger partial charge in [-0.2, -0.15) is 0 Å². The fraction of sp³-hybridized carbons (Fsp3) is 0.571. The number of nitrogens with zero attached hydrogens (tertiary/aromatic N) is 1. The molecule has 1 aromatic heterocycles. The Bertz CT molecular complexity index is 403. The van der Waals surface area contributed by atoms with Crippen molar-refractivity contribution in [3.05, 3.63) is 23.9 Å². The molecule has 0 spiro atoms. The fourth-order valence-electron chi connectivity index (χ4n) is 2.75. The lowest BCUT2D eigenvalue weighted by Gasteiger charge is -2.27. The molecular formula is C14H20N2O. The second-order valence-corrected chi connectivity index (χ2v) is 4.94. The average Bonchev–Trinajstić information content (AvgIpc) is 2.38. The molecule has 3 heteroatoms. The van der Waals surface area contributed by atoms with E-state index in [0.29, 0.717) is 17.3 Å². The molecule has 1 aliphatic rings. The number of pyridine rings is 1. The summed E-state index contributed by atoms with van der Waals surface area (Å²) < 4.78 is 0. The fourth-order valence-corrected chi connectivity index (χ4v) is 2.75. The number of carbonyl (C=O) groups is 1. The third-order valence-corrected chi connectivity index (χ3v) is 3.83. The van der Waals surface area contributed by atoms with Crippen molar-refractivity contribution in [2.24, 2.45) is 11.8 Å². The van der Waals surface area contributed by atoms with Crippen LogP contribution in [0.25, 0.3) is 0 Å². The van der Waals surface area contributed by atoms with Gasteiger partial charge in [0.2, 0.25) is 0 Å². The maximum atomic E-state index is 12.4. The minimum atomic E-state index is 0.153. The molecule has 92 valence electrons. The van der Waals surface area contributed by atoms with Gasteiger partial charge < -0.3 is 5.73 Å². The SMILES string of the molecule is CCC1CCCC(C(=O)c2cccnc2N)C1. The zero-order valence-corrected chi connectivity index (χ0v) is 10.4.